The van der Waals surface area contributed by atoms with Crippen LogP contribution in [0, 0.1) is 0 Å². The van der Waals surface area contributed by atoms with E-state index in [-0.39, 0.29) is 18.4 Å². The molecule has 0 aliphatic rings. The lowest BCUT2D eigenvalue weighted by atomic mass is 10.2. The Kier molecular flexibility index (Phi) is 8.02. The molecule has 0 fully saturated rings. The SMILES string of the molecule is CCN(CC)C(=O)CN(C)C(C)C(=O)Nc1ccc(Oc2ccccc2)cc1. The minimum atomic E-state index is -0.431. The lowest BCUT2D eigenvalue weighted by Gasteiger charge is -2.26. The van der Waals surface area contributed by atoms with Crippen LogP contribution in [0.3, 0.4) is 0 Å². The van der Waals surface area contributed by atoms with Gasteiger partial charge in [0.25, 0.3) is 0 Å². The highest BCUT2D eigenvalue weighted by Gasteiger charge is 2.21. The molecule has 0 saturated heterocycles. The highest BCUT2D eigenvalue weighted by Crippen LogP contribution is 2.22. The summed E-state index contributed by atoms with van der Waals surface area (Å²) in [6.07, 6.45) is 0. The molecule has 150 valence electrons. The molecule has 0 aromatic heterocycles. The number of hydrogen-bond acceptors (Lipinski definition) is 4. The maximum absolute atomic E-state index is 12.5. The predicted octanol–water partition coefficient (Wildman–Crippen LogP) is 3.61. The Labute approximate surface area is 167 Å². The number of carbonyl (C=O) groups excluding carboxylic acids is 2. The van der Waals surface area contributed by atoms with Crippen molar-refractivity contribution in [1.82, 2.24) is 9.80 Å². The summed E-state index contributed by atoms with van der Waals surface area (Å²) in [6, 6.07) is 16.3. The Morgan fingerprint density at radius 3 is 2.11 bits per heavy atom. The number of nitrogens with one attached hydrogen (secondary N) is 1. The molecule has 0 heterocycles. The highest BCUT2D eigenvalue weighted by molar-refractivity contribution is 5.95. The van der Waals surface area contributed by atoms with Gasteiger partial charge in [-0.05, 0) is 64.2 Å². The maximum Gasteiger partial charge on any atom is 0.241 e. The molecular formula is C22H29N3O3. The second-order valence-electron chi connectivity index (χ2n) is 6.59. The Morgan fingerprint density at radius 1 is 0.964 bits per heavy atom. The zero-order valence-corrected chi connectivity index (χ0v) is 17.0. The van der Waals surface area contributed by atoms with Crippen LogP contribution in [0.4, 0.5) is 5.69 Å². The van der Waals surface area contributed by atoms with Gasteiger partial charge in [0.05, 0.1) is 12.6 Å². The van der Waals surface area contributed by atoms with Crippen LogP contribution in [-0.4, -0.2) is 54.3 Å². The molecule has 2 aromatic carbocycles. The summed E-state index contributed by atoms with van der Waals surface area (Å²) in [5.41, 5.74) is 0.681. The summed E-state index contributed by atoms with van der Waals surface area (Å²) in [5, 5.41) is 2.88. The Morgan fingerprint density at radius 2 is 1.54 bits per heavy atom. The van der Waals surface area contributed by atoms with Crippen molar-refractivity contribution in [1.29, 1.82) is 0 Å². The van der Waals surface area contributed by atoms with Crippen molar-refractivity contribution in [2.24, 2.45) is 0 Å². The molecule has 0 bridgehead atoms. The molecule has 1 unspecified atom stereocenters. The number of likely N-dealkylation sites (N-methyl/N-ethyl adjacent to an activating group) is 2. The molecule has 2 rings (SSSR count). The zero-order valence-electron chi connectivity index (χ0n) is 17.0. The quantitative estimate of drug-likeness (QED) is 0.719. The van der Waals surface area contributed by atoms with E-state index in [1.165, 1.54) is 0 Å². The first kappa shape index (κ1) is 21.4. The van der Waals surface area contributed by atoms with E-state index < -0.39 is 6.04 Å². The fourth-order valence-electron chi connectivity index (χ4n) is 2.70. The molecule has 6 heteroatoms. The van der Waals surface area contributed by atoms with E-state index in [1.807, 2.05) is 44.2 Å². The molecule has 0 spiro atoms. The average Bonchev–Trinajstić information content (AvgIpc) is 2.70. The van der Waals surface area contributed by atoms with Crippen molar-refractivity contribution >= 4 is 17.5 Å². The zero-order chi connectivity index (χ0) is 20.5. The first-order chi connectivity index (χ1) is 13.4. The van der Waals surface area contributed by atoms with E-state index >= 15 is 0 Å². The minimum absolute atomic E-state index is 0.0227. The number of anilines is 1. The summed E-state index contributed by atoms with van der Waals surface area (Å²) in [6.45, 7) is 7.23. The second kappa shape index (κ2) is 10.5. The van der Waals surface area contributed by atoms with Crippen LogP contribution in [0.5, 0.6) is 11.5 Å². The smallest absolute Gasteiger partial charge is 0.241 e. The fraction of sp³-hybridized carbons (Fsp3) is 0.364. The number of hydrogen-bond donors (Lipinski definition) is 1. The van der Waals surface area contributed by atoms with Crippen molar-refractivity contribution < 1.29 is 14.3 Å². The molecule has 2 amide bonds. The van der Waals surface area contributed by atoms with Crippen molar-refractivity contribution in [3.63, 3.8) is 0 Å². The van der Waals surface area contributed by atoms with Gasteiger partial charge in [0.2, 0.25) is 11.8 Å². The van der Waals surface area contributed by atoms with Gasteiger partial charge in [-0.25, -0.2) is 0 Å². The van der Waals surface area contributed by atoms with Crippen LogP contribution in [0.25, 0.3) is 0 Å². The van der Waals surface area contributed by atoms with E-state index in [0.29, 0.717) is 24.5 Å². The van der Waals surface area contributed by atoms with Crippen molar-refractivity contribution in [2.75, 3.05) is 32.0 Å². The molecule has 0 saturated carbocycles. The summed E-state index contributed by atoms with van der Waals surface area (Å²) in [5.74, 6) is 1.31. The van der Waals surface area contributed by atoms with Crippen LogP contribution in [0.2, 0.25) is 0 Å². The van der Waals surface area contributed by atoms with Crippen LogP contribution < -0.4 is 10.1 Å². The molecule has 1 N–H and O–H groups in total. The number of nitrogens with zero attached hydrogens (tertiary/aromatic N) is 2. The number of carbonyl (C=O) groups is 2. The van der Waals surface area contributed by atoms with Gasteiger partial charge < -0.3 is 15.0 Å². The van der Waals surface area contributed by atoms with Gasteiger partial charge in [0.15, 0.2) is 0 Å². The second-order valence-corrected chi connectivity index (χ2v) is 6.59. The predicted molar refractivity (Wildman–Crippen MR) is 112 cm³/mol. The van der Waals surface area contributed by atoms with Gasteiger partial charge in [-0.1, -0.05) is 18.2 Å². The van der Waals surface area contributed by atoms with Crippen LogP contribution >= 0.6 is 0 Å². The Hall–Kier alpha value is -2.86. The minimum Gasteiger partial charge on any atom is -0.457 e. The topological polar surface area (TPSA) is 61.9 Å². The normalized spacial score (nSPS) is 11.8. The summed E-state index contributed by atoms with van der Waals surface area (Å²) in [7, 11) is 1.78. The molecule has 6 nitrogen and oxygen atoms in total. The Bertz CT molecular complexity index is 758. The van der Waals surface area contributed by atoms with Gasteiger partial charge in [0, 0.05) is 18.8 Å². The monoisotopic (exact) mass is 383 g/mol. The lowest BCUT2D eigenvalue weighted by molar-refractivity contribution is -0.133. The van der Waals surface area contributed by atoms with Gasteiger partial charge in [-0.15, -0.1) is 0 Å². The molecule has 1 atom stereocenters. The van der Waals surface area contributed by atoms with Gasteiger partial charge in [-0.3, -0.25) is 14.5 Å². The molecular weight excluding hydrogens is 354 g/mol. The highest BCUT2D eigenvalue weighted by atomic mass is 16.5. The molecule has 0 aliphatic heterocycles. The standard InChI is InChI=1S/C22H29N3O3/c1-5-25(6-2)21(26)16-24(4)17(3)22(27)23-18-12-14-20(15-13-18)28-19-10-8-7-9-11-19/h7-15,17H,5-6,16H2,1-4H3,(H,23,27). The van der Waals surface area contributed by atoms with E-state index in [9.17, 15) is 9.59 Å². The van der Waals surface area contributed by atoms with Crippen LogP contribution in [0.1, 0.15) is 20.8 Å². The van der Waals surface area contributed by atoms with E-state index in [2.05, 4.69) is 5.32 Å². The van der Waals surface area contributed by atoms with Gasteiger partial charge >= 0.3 is 0 Å². The number of para-hydroxylation sites is 1. The third-order valence-corrected chi connectivity index (χ3v) is 4.64. The summed E-state index contributed by atoms with van der Waals surface area (Å²) < 4.78 is 5.75. The third-order valence-electron chi connectivity index (χ3n) is 4.64. The molecule has 0 aliphatic carbocycles. The molecule has 28 heavy (non-hydrogen) atoms. The first-order valence-corrected chi connectivity index (χ1v) is 9.56. The summed E-state index contributed by atoms with van der Waals surface area (Å²) in [4.78, 5) is 28.2. The van der Waals surface area contributed by atoms with Gasteiger partial charge in [0.1, 0.15) is 11.5 Å². The number of ether oxygens (including phenoxy) is 1. The number of amides is 2. The molecule has 0 radical (unpaired) electrons. The van der Waals surface area contributed by atoms with Crippen LogP contribution in [0.15, 0.2) is 54.6 Å². The van der Waals surface area contributed by atoms with Crippen molar-refractivity contribution in [3.05, 3.63) is 54.6 Å². The third kappa shape index (κ3) is 6.09. The van der Waals surface area contributed by atoms with Crippen LogP contribution in [-0.2, 0) is 9.59 Å². The Balaban J connectivity index is 1.89. The van der Waals surface area contributed by atoms with E-state index in [4.69, 9.17) is 4.74 Å². The number of benzene rings is 2. The van der Waals surface area contributed by atoms with Crippen molar-refractivity contribution in [3.8, 4) is 11.5 Å². The van der Waals surface area contributed by atoms with Crippen molar-refractivity contribution in [2.45, 2.75) is 26.8 Å². The van der Waals surface area contributed by atoms with E-state index in [1.54, 1.807) is 48.0 Å². The average molecular weight is 383 g/mol. The van der Waals surface area contributed by atoms with E-state index in [0.717, 1.165) is 5.75 Å². The number of rotatable bonds is 9. The summed E-state index contributed by atoms with van der Waals surface area (Å²) >= 11 is 0. The maximum atomic E-state index is 12.5. The lowest BCUT2D eigenvalue weighted by Crippen LogP contribution is -2.46. The molecule has 2 aromatic rings. The largest absolute Gasteiger partial charge is 0.457 e. The van der Waals surface area contributed by atoms with Gasteiger partial charge in [-0.2, -0.15) is 0 Å². The first-order valence-electron chi connectivity index (χ1n) is 9.56. The fourth-order valence-corrected chi connectivity index (χ4v) is 2.70.